The lowest BCUT2D eigenvalue weighted by atomic mass is 9.82. The van der Waals surface area contributed by atoms with Crippen LogP contribution in [-0.4, -0.2) is 14.5 Å². The highest BCUT2D eigenvalue weighted by Crippen LogP contribution is 2.52. The van der Waals surface area contributed by atoms with Crippen molar-refractivity contribution in [1.82, 2.24) is 14.5 Å². The first-order valence-electron chi connectivity index (χ1n) is 17.8. The van der Waals surface area contributed by atoms with E-state index in [1.807, 2.05) is 11.3 Å². The van der Waals surface area contributed by atoms with Crippen LogP contribution >= 0.6 is 22.7 Å². The number of hydrogen-bond donors (Lipinski definition) is 0. The topological polar surface area (TPSA) is 30.7 Å². The van der Waals surface area contributed by atoms with Crippen LogP contribution in [0.4, 0.5) is 0 Å². The van der Waals surface area contributed by atoms with Crippen LogP contribution in [0, 0.1) is 0 Å². The van der Waals surface area contributed by atoms with Gasteiger partial charge in [-0.1, -0.05) is 123 Å². The second kappa shape index (κ2) is 10.1. The predicted octanol–water partition coefficient (Wildman–Crippen LogP) is 13.4. The molecule has 0 radical (unpaired) electrons. The monoisotopic (exact) mass is 699 g/mol. The Hall–Kier alpha value is -5.88. The molecule has 4 aromatic heterocycles. The number of fused-ring (bicyclic) bond motifs is 14. The van der Waals surface area contributed by atoms with E-state index >= 15 is 0 Å². The van der Waals surface area contributed by atoms with Crippen LogP contribution in [0.5, 0.6) is 0 Å². The van der Waals surface area contributed by atoms with Crippen LogP contribution < -0.4 is 0 Å². The van der Waals surface area contributed by atoms with Gasteiger partial charge in [0.05, 0.1) is 26.9 Å². The summed E-state index contributed by atoms with van der Waals surface area (Å²) >= 11 is 3.65. The molecule has 0 amide bonds. The van der Waals surface area contributed by atoms with E-state index in [4.69, 9.17) is 9.97 Å². The lowest BCUT2D eigenvalue weighted by molar-refractivity contribution is 0.661. The molecule has 1 aliphatic rings. The van der Waals surface area contributed by atoms with Gasteiger partial charge in [0.25, 0.3) is 0 Å². The minimum absolute atomic E-state index is 0.139. The van der Waals surface area contributed by atoms with Gasteiger partial charge in [0.1, 0.15) is 0 Å². The number of benzene rings is 7. The van der Waals surface area contributed by atoms with Crippen LogP contribution in [0.1, 0.15) is 25.0 Å². The number of nitrogens with zero attached hydrogens (tertiary/aromatic N) is 3. The van der Waals surface area contributed by atoms with Gasteiger partial charge >= 0.3 is 0 Å². The van der Waals surface area contributed by atoms with Gasteiger partial charge in [0.15, 0.2) is 0 Å². The number of aromatic nitrogens is 3. The molecule has 4 heterocycles. The van der Waals surface area contributed by atoms with Gasteiger partial charge in [-0.2, -0.15) is 0 Å². The second-order valence-electron chi connectivity index (χ2n) is 14.5. The minimum Gasteiger partial charge on any atom is -0.278 e. The van der Waals surface area contributed by atoms with Crippen molar-refractivity contribution >= 4 is 95.7 Å². The SMILES string of the molecule is CC1(C)c2ccccc2-c2cc3c4c5ccccc5ccc4n(-c4nc(-c5cccc6c5sc5ccccc56)c5sc6ccccc6c5n4)c3cc21. The summed E-state index contributed by atoms with van der Waals surface area (Å²) in [6.07, 6.45) is 0. The van der Waals surface area contributed by atoms with E-state index in [1.165, 1.54) is 74.1 Å². The van der Waals surface area contributed by atoms with Crippen molar-refractivity contribution in [1.29, 1.82) is 0 Å². The van der Waals surface area contributed by atoms with Gasteiger partial charge in [-0.05, 0) is 63.4 Å². The van der Waals surface area contributed by atoms with E-state index in [-0.39, 0.29) is 5.41 Å². The molecule has 0 bridgehead atoms. The lowest BCUT2D eigenvalue weighted by Crippen LogP contribution is -2.15. The molecule has 1 aliphatic carbocycles. The molecule has 3 nitrogen and oxygen atoms in total. The molecule has 0 N–H and O–H groups in total. The van der Waals surface area contributed by atoms with Gasteiger partial charge in [-0.3, -0.25) is 4.57 Å². The van der Waals surface area contributed by atoms with Crippen LogP contribution in [0.25, 0.3) is 101 Å². The summed E-state index contributed by atoms with van der Waals surface area (Å²) in [6.45, 7) is 4.71. The smallest absolute Gasteiger partial charge is 0.235 e. The number of thiophene rings is 2. The Balaban J connectivity index is 1.25. The van der Waals surface area contributed by atoms with Gasteiger partial charge in [0, 0.05) is 52.0 Å². The van der Waals surface area contributed by atoms with Crippen LogP contribution in [-0.2, 0) is 5.41 Å². The second-order valence-corrected chi connectivity index (χ2v) is 16.6. The molecule has 0 aliphatic heterocycles. The fraction of sp³-hybridized carbons (Fsp3) is 0.0638. The van der Waals surface area contributed by atoms with Crippen LogP contribution in [0.15, 0.2) is 140 Å². The summed E-state index contributed by atoms with van der Waals surface area (Å²) in [5.74, 6) is 0.702. The van der Waals surface area contributed by atoms with E-state index in [2.05, 4.69) is 158 Å². The molecule has 7 aromatic carbocycles. The van der Waals surface area contributed by atoms with Crippen molar-refractivity contribution in [2.75, 3.05) is 0 Å². The van der Waals surface area contributed by atoms with E-state index in [0.29, 0.717) is 5.95 Å². The fourth-order valence-corrected chi connectivity index (χ4v) is 11.4. The molecule has 0 unspecified atom stereocenters. The van der Waals surface area contributed by atoms with Crippen LogP contribution in [0.2, 0.25) is 0 Å². The number of rotatable bonds is 2. The zero-order valence-electron chi connectivity index (χ0n) is 28.4. The van der Waals surface area contributed by atoms with Gasteiger partial charge in [0.2, 0.25) is 5.95 Å². The van der Waals surface area contributed by atoms with Gasteiger partial charge in [-0.15, -0.1) is 22.7 Å². The third-order valence-electron chi connectivity index (χ3n) is 11.4. The van der Waals surface area contributed by atoms with Gasteiger partial charge < -0.3 is 0 Å². The molecule has 0 spiro atoms. The van der Waals surface area contributed by atoms with E-state index in [9.17, 15) is 0 Å². The highest BCUT2D eigenvalue weighted by Gasteiger charge is 2.36. The van der Waals surface area contributed by atoms with Crippen molar-refractivity contribution < 1.29 is 0 Å². The van der Waals surface area contributed by atoms with Crippen molar-refractivity contribution in [2.45, 2.75) is 19.3 Å². The zero-order valence-corrected chi connectivity index (χ0v) is 30.1. The molecule has 0 atom stereocenters. The van der Waals surface area contributed by atoms with Gasteiger partial charge in [-0.25, -0.2) is 9.97 Å². The summed E-state index contributed by atoms with van der Waals surface area (Å²) in [5.41, 5.74) is 10.6. The average molecular weight is 700 g/mol. The molecule has 5 heteroatoms. The van der Waals surface area contributed by atoms with Crippen molar-refractivity contribution in [3.05, 3.63) is 151 Å². The quantitative estimate of drug-likeness (QED) is 0.180. The Bertz CT molecular complexity index is 3340. The van der Waals surface area contributed by atoms with Crippen LogP contribution in [0.3, 0.4) is 0 Å². The Morgan fingerprint density at radius 3 is 2.08 bits per heavy atom. The molecule has 0 saturated heterocycles. The molecular formula is C47H29N3S2. The van der Waals surface area contributed by atoms with E-state index in [1.54, 1.807) is 11.3 Å². The Labute approximate surface area is 307 Å². The summed E-state index contributed by atoms with van der Waals surface area (Å²) in [5, 5.41) is 8.67. The first kappa shape index (κ1) is 28.8. The average Bonchev–Trinajstić information content (AvgIpc) is 3.91. The molecule has 244 valence electrons. The molecule has 12 rings (SSSR count). The maximum absolute atomic E-state index is 5.65. The first-order valence-corrected chi connectivity index (χ1v) is 19.4. The summed E-state index contributed by atoms with van der Waals surface area (Å²) in [7, 11) is 0. The normalized spacial score (nSPS) is 13.7. The third kappa shape index (κ3) is 3.69. The predicted molar refractivity (Wildman–Crippen MR) is 223 cm³/mol. The molecular weight excluding hydrogens is 671 g/mol. The lowest BCUT2D eigenvalue weighted by Gasteiger charge is -2.21. The maximum Gasteiger partial charge on any atom is 0.235 e. The summed E-state index contributed by atoms with van der Waals surface area (Å²) in [6, 6.07) is 51.1. The minimum atomic E-state index is -0.139. The van der Waals surface area contributed by atoms with E-state index < -0.39 is 0 Å². The van der Waals surface area contributed by atoms with Crippen molar-refractivity contribution in [3.63, 3.8) is 0 Å². The number of hydrogen-bond acceptors (Lipinski definition) is 4. The van der Waals surface area contributed by atoms with Crippen molar-refractivity contribution in [2.24, 2.45) is 0 Å². The Kier molecular flexibility index (Phi) is 5.61. The summed E-state index contributed by atoms with van der Waals surface area (Å²) in [4.78, 5) is 11.2. The molecule has 0 fully saturated rings. The molecule has 11 aromatic rings. The third-order valence-corrected chi connectivity index (χ3v) is 13.8. The standard InChI is InChI=1S/C47H29N3S2/c1-47(2)35-19-8-5-14-28(35)33-24-34-38(25-36(33)47)50(37-23-22-26-12-3-4-13-27(26)41(34)37)46-48-42-31-16-7-10-21-40(31)52-45(42)43(49-46)32-18-11-17-30-29-15-6-9-20-39(29)51-44(30)32/h3-25H,1-2H3. The van der Waals surface area contributed by atoms with Crippen molar-refractivity contribution in [3.8, 4) is 28.3 Å². The molecule has 52 heavy (non-hydrogen) atoms. The van der Waals surface area contributed by atoms with E-state index in [0.717, 1.165) is 32.5 Å². The first-order chi connectivity index (χ1) is 25.5. The molecule has 0 saturated carbocycles. The fourth-order valence-electron chi connectivity index (χ4n) is 8.99. The highest BCUT2D eigenvalue weighted by molar-refractivity contribution is 7.27. The Morgan fingerprint density at radius 2 is 1.19 bits per heavy atom. The highest BCUT2D eigenvalue weighted by atomic mass is 32.1. The zero-order chi connectivity index (χ0) is 34.3. The summed E-state index contributed by atoms with van der Waals surface area (Å²) < 4.78 is 7.24. The Morgan fingerprint density at radius 1 is 0.500 bits per heavy atom. The largest absolute Gasteiger partial charge is 0.278 e. The maximum atomic E-state index is 5.65.